The highest BCUT2D eigenvalue weighted by Crippen LogP contribution is 2.24. The Kier molecular flexibility index (Phi) is 5.20. The number of carboxylic acid groups (broad SMARTS) is 1. The number of carbonyl (C=O) groups excluding carboxylic acids is 1. The van der Waals surface area contributed by atoms with Crippen molar-refractivity contribution < 1.29 is 19.4 Å². The summed E-state index contributed by atoms with van der Waals surface area (Å²) in [6.07, 6.45) is 1.42. The van der Waals surface area contributed by atoms with Crippen LogP contribution < -0.4 is 15.0 Å². The van der Waals surface area contributed by atoms with Crippen molar-refractivity contribution in [1.82, 2.24) is 10.2 Å². The summed E-state index contributed by atoms with van der Waals surface area (Å²) < 4.78 is 5.74. The predicted octanol–water partition coefficient (Wildman–Crippen LogP) is 1.53. The standard InChI is InChI=1S/C17H23N3O4/c21-16-2-1-9-20(16)14-3-5-15(6-4-14)24-11-7-13-12-19(17(22)23)10-8-18-13/h3-6,13,18H,1-2,7-12H2,(H,22,23)/t13-/m1/s1. The van der Waals surface area contributed by atoms with Gasteiger partial charge in [-0.1, -0.05) is 0 Å². The molecule has 1 atom stereocenters. The third-order valence-electron chi connectivity index (χ3n) is 4.48. The molecule has 2 saturated heterocycles. The van der Waals surface area contributed by atoms with Crippen LogP contribution in [0.5, 0.6) is 5.75 Å². The van der Waals surface area contributed by atoms with Crippen molar-refractivity contribution in [2.24, 2.45) is 0 Å². The normalized spacial score (nSPS) is 21.2. The van der Waals surface area contributed by atoms with Gasteiger partial charge in [-0.15, -0.1) is 0 Å². The number of carbonyl (C=O) groups is 2. The first-order valence-electron chi connectivity index (χ1n) is 8.38. The monoisotopic (exact) mass is 333 g/mol. The largest absolute Gasteiger partial charge is 0.494 e. The van der Waals surface area contributed by atoms with Crippen molar-refractivity contribution in [2.75, 3.05) is 37.7 Å². The summed E-state index contributed by atoms with van der Waals surface area (Å²) in [4.78, 5) is 26.0. The molecule has 1 aromatic rings. The number of piperazine rings is 1. The second kappa shape index (κ2) is 7.53. The number of nitrogens with zero attached hydrogens (tertiary/aromatic N) is 2. The van der Waals surface area contributed by atoms with Crippen LogP contribution in [-0.4, -0.2) is 60.8 Å². The van der Waals surface area contributed by atoms with E-state index in [2.05, 4.69) is 5.32 Å². The van der Waals surface area contributed by atoms with Crippen molar-refractivity contribution in [1.29, 1.82) is 0 Å². The highest BCUT2D eigenvalue weighted by atomic mass is 16.5. The number of benzene rings is 1. The predicted molar refractivity (Wildman–Crippen MR) is 89.5 cm³/mol. The van der Waals surface area contributed by atoms with Crippen LogP contribution in [0.15, 0.2) is 24.3 Å². The molecule has 1 aromatic carbocycles. The van der Waals surface area contributed by atoms with Gasteiger partial charge in [0.1, 0.15) is 5.75 Å². The molecule has 2 fully saturated rings. The molecular formula is C17H23N3O4. The smallest absolute Gasteiger partial charge is 0.407 e. The maximum Gasteiger partial charge on any atom is 0.407 e. The van der Waals surface area contributed by atoms with E-state index in [1.807, 2.05) is 24.3 Å². The molecule has 0 aromatic heterocycles. The van der Waals surface area contributed by atoms with Gasteiger partial charge in [-0.25, -0.2) is 4.79 Å². The number of amides is 2. The summed E-state index contributed by atoms with van der Waals surface area (Å²) in [5.41, 5.74) is 0.913. The van der Waals surface area contributed by atoms with E-state index in [1.165, 1.54) is 4.90 Å². The zero-order valence-corrected chi connectivity index (χ0v) is 13.6. The molecule has 0 spiro atoms. The lowest BCUT2D eigenvalue weighted by Gasteiger charge is -2.31. The van der Waals surface area contributed by atoms with E-state index in [1.54, 1.807) is 4.90 Å². The lowest BCUT2D eigenvalue weighted by atomic mass is 10.1. The summed E-state index contributed by atoms with van der Waals surface area (Å²) in [5.74, 6) is 0.936. The molecule has 3 rings (SSSR count). The quantitative estimate of drug-likeness (QED) is 0.854. The fourth-order valence-electron chi connectivity index (χ4n) is 3.16. The molecule has 2 aliphatic rings. The van der Waals surface area contributed by atoms with Gasteiger partial charge in [-0.05, 0) is 37.1 Å². The van der Waals surface area contributed by atoms with Crippen LogP contribution in [0.4, 0.5) is 10.5 Å². The van der Waals surface area contributed by atoms with Crippen LogP contribution in [0.3, 0.4) is 0 Å². The lowest BCUT2D eigenvalue weighted by Crippen LogP contribution is -2.52. The molecule has 130 valence electrons. The minimum atomic E-state index is -0.866. The van der Waals surface area contributed by atoms with E-state index >= 15 is 0 Å². The average Bonchev–Trinajstić information content (AvgIpc) is 3.02. The molecule has 7 nitrogen and oxygen atoms in total. The van der Waals surface area contributed by atoms with E-state index in [-0.39, 0.29) is 11.9 Å². The second-order valence-corrected chi connectivity index (χ2v) is 6.16. The van der Waals surface area contributed by atoms with Gasteiger partial charge in [0, 0.05) is 44.3 Å². The third kappa shape index (κ3) is 3.97. The van der Waals surface area contributed by atoms with Crippen LogP contribution in [0.1, 0.15) is 19.3 Å². The minimum absolute atomic E-state index is 0.122. The summed E-state index contributed by atoms with van der Waals surface area (Å²) in [7, 11) is 0. The van der Waals surface area contributed by atoms with Crippen molar-refractivity contribution in [2.45, 2.75) is 25.3 Å². The SMILES string of the molecule is O=C(O)N1CCN[C@H](CCOc2ccc(N3CCCC3=O)cc2)C1. The molecular weight excluding hydrogens is 310 g/mol. The zero-order valence-electron chi connectivity index (χ0n) is 13.6. The third-order valence-corrected chi connectivity index (χ3v) is 4.48. The maximum atomic E-state index is 11.7. The number of hydrogen-bond donors (Lipinski definition) is 2. The number of hydrogen-bond acceptors (Lipinski definition) is 4. The zero-order chi connectivity index (χ0) is 16.9. The average molecular weight is 333 g/mol. The molecule has 24 heavy (non-hydrogen) atoms. The number of ether oxygens (including phenoxy) is 1. The Hall–Kier alpha value is -2.28. The fourth-order valence-corrected chi connectivity index (χ4v) is 3.16. The summed E-state index contributed by atoms with van der Waals surface area (Å²) in [6, 6.07) is 7.68. The first-order valence-corrected chi connectivity index (χ1v) is 8.38. The maximum absolute atomic E-state index is 11.7. The Labute approximate surface area is 141 Å². The molecule has 7 heteroatoms. The van der Waals surface area contributed by atoms with Crippen molar-refractivity contribution in [3.63, 3.8) is 0 Å². The van der Waals surface area contributed by atoms with Gasteiger partial charge in [-0.3, -0.25) is 4.79 Å². The van der Waals surface area contributed by atoms with Gasteiger partial charge in [0.05, 0.1) is 6.61 Å². The topological polar surface area (TPSA) is 82.1 Å². The molecule has 2 amide bonds. The molecule has 0 unspecified atom stereocenters. The molecule has 0 radical (unpaired) electrons. The lowest BCUT2D eigenvalue weighted by molar-refractivity contribution is -0.117. The van der Waals surface area contributed by atoms with Gasteiger partial charge in [0.25, 0.3) is 0 Å². The molecule has 0 bridgehead atoms. The Morgan fingerprint density at radius 1 is 1.29 bits per heavy atom. The van der Waals surface area contributed by atoms with Gasteiger partial charge >= 0.3 is 6.09 Å². The van der Waals surface area contributed by atoms with E-state index in [0.717, 1.165) is 30.8 Å². The number of nitrogens with one attached hydrogen (secondary N) is 1. The fraction of sp³-hybridized carbons (Fsp3) is 0.529. The van der Waals surface area contributed by atoms with E-state index in [9.17, 15) is 9.59 Å². The van der Waals surface area contributed by atoms with Crippen LogP contribution in [0, 0.1) is 0 Å². The van der Waals surface area contributed by atoms with Crippen molar-refractivity contribution in [3.8, 4) is 5.75 Å². The van der Waals surface area contributed by atoms with Crippen LogP contribution >= 0.6 is 0 Å². The Bertz CT molecular complexity index is 590. The van der Waals surface area contributed by atoms with E-state index in [0.29, 0.717) is 32.7 Å². The Morgan fingerprint density at radius 3 is 2.75 bits per heavy atom. The van der Waals surface area contributed by atoms with Gasteiger partial charge in [0.2, 0.25) is 5.91 Å². The first kappa shape index (κ1) is 16.6. The Morgan fingerprint density at radius 2 is 2.08 bits per heavy atom. The van der Waals surface area contributed by atoms with E-state index in [4.69, 9.17) is 9.84 Å². The minimum Gasteiger partial charge on any atom is -0.494 e. The van der Waals surface area contributed by atoms with Gasteiger partial charge in [-0.2, -0.15) is 0 Å². The molecule has 0 aliphatic carbocycles. The highest BCUT2D eigenvalue weighted by molar-refractivity contribution is 5.95. The van der Waals surface area contributed by atoms with Gasteiger partial charge in [0.15, 0.2) is 0 Å². The van der Waals surface area contributed by atoms with Crippen LogP contribution in [-0.2, 0) is 4.79 Å². The summed E-state index contributed by atoms with van der Waals surface area (Å²) in [6.45, 7) is 3.01. The molecule has 2 aliphatic heterocycles. The second-order valence-electron chi connectivity index (χ2n) is 6.16. The Balaban J connectivity index is 1.45. The van der Waals surface area contributed by atoms with E-state index < -0.39 is 6.09 Å². The molecule has 2 heterocycles. The molecule has 0 saturated carbocycles. The van der Waals surface area contributed by atoms with Gasteiger partial charge < -0.3 is 25.0 Å². The van der Waals surface area contributed by atoms with Crippen LogP contribution in [0.2, 0.25) is 0 Å². The summed E-state index contributed by atoms with van der Waals surface area (Å²) >= 11 is 0. The number of anilines is 1. The number of rotatable bonds is 5. The van der Waals surface area contributed by atoms with Crippen molar-refractivity contribution in [3.05, 3.63) is 24.3 Å². The summed E-state index contributed by atoms with van der Waals surface area (Å²) in [5, 5.41) is 12.3. The first-order chi connectivity index (χ1) is 11.6. The highest BCUT2D eigenvalue weighted by Gasteiger charge is 2.23. The van der Waals surface area contributed by atoms with Crippen LogP contribution in [0.25, 0.3) is 0 Å². The van der Waals surface area contributed by atoms with Crippen molar-refractivity contribution >= 4 is 17.7 Å². The molecule has 2 N–H and O–H groups in total.